The van der Waals surface area contributed by atoms with Crippen molar-refractivity contribution < 1.29 is 9.53 Å². The molecule has 0 aromatic rings. The predicted molar refractivity (Wildman–Crippen MR) is 72.4 cm³/mol. The van der Waals surface area contributed by atoms with E-state index in [1.54, 1.807) is 11.8 Å². The van der Waals surface area contributed by atoms with Crippen LogP contribution < -0.4 is 5.32 Å². The minimum absolute atomic E-state index is 0.124. The molecule has 1 rings (SSSR count). The largest absolute Gasteiger partial charge is 0.379 e. The SMILES string of the molecule is C=CCSCC(=O)NCCCN1CCOCC1. The minimum atomic E-state index is 0.124. The summed E-state index contributed by atoms with van der Waals surface area (Å²) < 4.78 is 5.28. The average molecular weight is 258 g/mol. The monoisotopic (exact) mass is 258 g/mol. The highest BCUT2D eigenvalue weighted by molar-refractivity contribution is 8.00. The molecule has 1 aliphatic heterocycles. The molecule has 0 radical (unpaired) electrons. The van der Waals surface area contributed by atoms with Crippen LogP contribution in [-0.4, -0.2) is 61.7 Å². The standard InChI is InChI=1S/C12H22N2O2S/c1-2-10-17-11-12(15)13-4-3-5-14-6-8-16-9-7-14/h2H,1,3-11H2,(H,13,15). The Morgan fingerprint density at radius 3 is 2.94 bits per heavy atom. The van der Waals surface area contributed by atoms with E-state index in [-0.39, 0.29) is 5.91 Å². The van der Waals surface area contributed by atoms with Crippen LogP contribution in [0.2, 0.25) is 0 Å². The molecule has 0 unspecified atom stereocenters. The van der Waals surface area contributed by atoms with Crippen molar-refractivity contribution in [1.29, 1.82) is 0 Å². The molecule has 0 bridgehead atoms. The molecule has 5 heteroatoms. The van der Waals surface area contributed by atoms with Crippen LogP contribution in [0.3, 0.4) is 0 Å². The number of morpholine rings is 1. The van der Waals surface area contributed by atoms with Gasteiger partial charge < -0.3 is 10.1 Å². The topological polar surface area (TPSA) is 41.6 Å². The second-order valence-corrected chi connectivity index (χ2v) is 4.99. The van der Waals surface area contributed by atoms with E-state index in [0.29, 0.717) is 5.75 Å². The van der Waals surface area contributed by atoms with Crippen LogP contribution in [0.5, 0.6) is 0 Å². The van der Waals surface area contributed by atoms with E-state index in [0.717, 1.165) is 51.6 Å². The van der Waals surface area contributed by atoms with Crippen LogP contribution in [0, 0.1) is 0 Å². The van der Waals surface area contributed by atoms with Gasteiger partial charge in [-0.3, -0.25) is 9.69 Å². The van der Waals surface area contributed by atoms with E-state index >= 15 is 0 Å². The first-order valence-electron chi connectivity index (χ1n) is 6.08. The molecule has 0 aromatic carbocycles. The van der Waals surface area contributed by atoms with Crippen molar-refractivity contribution in [2.75, 3.05) is 50.9 Å². The molecule has 1 heterocycles. The molecule has 17 heavy (non-hydrogen) atoms. The molecule has 0 atom stereocenters. The lowest BCUT2D eigenvalue weighted by atomic mass is 10.3. The lowest BCUT2D eigenvalue weighted by Crippen LogP contribution is -2.38. The van der Waals surface area contributed by atoms with E-state index in [9.17, 15) is 4.79 Å². The Morgan fingerprint density at radius 1 is 1.47 bits per heavy atom. The maximum absolute atomic E-state index is 11.4. The summed E-state index contributed by atoms with van der Waals surface area (Å²) >= 11 is 1.59. The van der Waals surface area contributed by atoms with E-state index in [1.165, 1.54) is 0 Å². The van der Waals surface area contributed by atoms with Crippen LogP contribution in [0.25, 0.3) is 0 Å². The van der Waals surface area contributed by atoms with Crippen LogP contribution in [0.1, 0.15) is 6.42 Å². The third-order valence-corrected chi connectivity index (χ3v) is 3.48. The van der Waals surface area contributed by atoms with Crippen LogP contribution >= 0.6 is 11.8 Å². The van der Waals surface area contributed by atoms with Gasteiger partial charge in [0.25, 0.3) is 0 Å². The fourth-order valence-corrected chi connectivity index (χ4v) is 2.21. The van der Waals surface area contributed by atoms with E-state index in [1.807, 2.05) is 6.08 Å². The van der Waals surface area contributed by atoms with Crippen LogP contribution in [0.4, 0.5) is 0 Å². The first-order chi connectivity index (χ1) is 8.33. The van der Waals surface area contributed by atoms with Gasteiger partial charge in [0.1, 0.15) is 0 Å². The lowest BCUT2D eigenvalue weighted by molar-refractivity contribution is -0.118. The Labute approximate surface area is 108 Å². The molecule has 0 spiro atoms. The van der Waals surface area contributed by atoms with Gasteiger partial charge in [-0.1, -0.05) is 6.08 Å². The summed E-state index contributed by atoms with van der Waals surface area (Å²) in [6, 6.07) is 0. The number of hydrogen-bond acceptors (Lipinski definition) is 4. The molecular weight excluding hydrogens is 236 g/mol. The molecule has 1 saturated heterocycles. The van der Waals surface area contributed by atoms with Gasteiger partial charge in [-0.05, 0) is 13.0 Å². The summed E-state index contributed by atoms with van der Waals surface area (Å²) in [6.07, 6.45) is 2.83. The highest BCUT2D eigenvalue weighted by Crippen LogP contribution is 1.99. The Hall–Kier alpha value is -0.520. The molecule has 1 N–H and O–H groups in total. The molecule has 0 aliphatic carbocycles. The number of ether oxygens (including phenoxy) is 1. The number of carbonyl (C=O) groups excluding carboxylic acids is 1. The summed E-state index contributed by atoms with van der Waals surface area (Å²) in [6.45, 7) is 9.14. The fourth-order valence-electron chi connectivity index (χ4n) is 1.64. The number of carbonyl (C=O) groups is 1. The van der Waals surface area contributed by atoms with Crippen LogP contribution in [-0.2, 0) is 9.53 Å². The highest BCUT2D eigenvalue weighted by Gasteiger charge is 2.09. The molecule has 0 aromatic heterocycles. The van der Waals surface area contributed by atoms with Gasteiger partial charge in [0.2, 0.25) is 5.91 Å². The van der Waals surface area contributed by atoms with Gasteiger partial charge in [0, 0.05) is 25.4 Å². The van der Waals surface area contributed by atoms with Crippen molar-refractivity contribution in [2.24, 2.45) is 0 Å². The fraction of sp³-hybridized carbons (Fsp3) is 0.750. The summed E-state index contributed by atoms with van der Waals surface area (Å²) in [5.41, 5.74) is 0. The van der Waals surface area contributed by atoms with E-state index in [4.69, 9.17) is 4.74 Å². The first kappa shape index (κ1) is 14.5. The van der Waals surface area contributed by atoms with Crippen molar-refractivity contribution in [2.45, 2.75) is 6.42 Å². The number of rotatable bonds is 8. The lowest BCUT2D eigenvalue weighted by Gasteiger charge is -2.26. The molecular formula is C12H22N2O2S. The Balaban J connectivity index is 1.92. The number of nitrogens with zero attached hydrogens (tertiary/aromatic N) is 1. The minimum Gasteiger partial charge on any atom is -0.379 e. The highest BCUT2D eigenvalue weighted by atomic mass is 32.2. The molecule has 0 saturated carbocycles. The molecule has 1 amide bonds. The van der Waals surface area contributed by atoms with Crippen molar-refractivity contribution in [3.05, 3.63) is 12.7 Å². The zero-order chi connectivity index (χ0) is 12.3. The molecule has 98 valence electrons. The molecule has 1 fully saturated rings. The molecule has 1 aliphatic rings. The zero-order valence-electron chi connectivity index (χ0n) is 10.3. The normalized spacial score (nSPS) is 16.7. The van der Waals surface area contributed by atoms with Crippen molar-refractivity contribution in [3.63, 3.8) is 0 Å². The number of thioether (sulfide) groups is 1. The van der Waals surface area contributed by atoms with Crippen LogP contribution in [0.15, 0.2) is 12.7 Å². The molecule has 4 nitrogen and oxygen atoms in total. The quantitative estimate of drug-likeness (QED) is 0.515. The zero-order valence-corrected chi connectivity index (χ0v) is 11.1. The maximum Gasteiger partial charge on any atom is 0.230 e. The predicted octanol–water partition coefficient (Wildman–Crippen LogP) is 0.744. The van der Waals surface area contributed by atoms with Gasteiger partial charge in [-0.2, -0.15) is 0 Å². The average Bonchev–Trinajstić information content (AvgIpc) is 2.36. The second kappa shape index (κ2) is 9.50. The Bertz CT molecular complexity index is 231. The smallest absolute Gasteiger partial charge is 0.230 e. The Kier molecular flexibility index (Phi) is 8.13. The number of hydrogen-bond donors (Lipinski definition) is 1. The van der Waals surface area contributed by atoms with Gasteiger partial charge in [-0.25, -0.2) is 0 Å². The number of amides is 1. The van der Waals surface area contributed by atoms with Crippen molar-refractivity contribution in [3.8, 4) is 0 Å². The van der Waals surface area contributed by atoms with Gasteiger partial charge in [0.05, 0.1) is 19.0 Å². The summed E-state index contributed by atoms with van der Waals surface area (Å²) in [5, 5.41) is 2.93. The first-order valence-corrected chi connectivity index (χ1v) is 7.24. The maximum atomic E-state index is 11.4. The van der Waals surface area contributed by atoms with Gasteiger partial charge in [0.15, 0.2) is 0 Å². The second-order valence-electron chi connectivity index (χ2n) is 3.96. The summed E-state index contributed by atoms with van der Waals surface area (Å²) in [5.74, 6) is 1.49. The number of nitrogens with one attached hydrogen (secondary N) is 1. The van der Waals surface area contributed by atoms with Gasteiger partial charge >= 0.3 is 0 Å². The Morgan fingerprint density at radius 2 is 2.24 bits per heavy atom. The van der Waals surface area contributed by atoms with Crippen molar-refractivity contribution in [1.82, 2.24) is 10.2 Å². The third-order valence-electron chi connectivity index (χ3n) is 2.55. The van der Waals surface area contributed by atoms with E-state index < -0.39 is 0 Å². The summed E-state index contributed by atoms with van der Waals surface area (Å²) in [7, 11) is 0. The van der Waals surface area contributed by atoms with Gasteiger partial charge in [-0.15, -0.1) is 18.3 Å². The van der Waals surface area contributed by atoms with E-state index in [2.05, 4.69) is 16.8 Å². The third kappa shape index (κ3) is 7.41. The van der Waals surface area contributed by atoms with Crippen molar-refractivity contribution >= 4 is 17.7 Å². The summed E-state index contributed by atoms with van der Waals surface area (Å²) in [4.78, 5) is 13.7.